The van der Waals surface area contributed by atoms with E-state index in [-0.39, 0.29) is 27.9 Å². The van der Waals surface area contributed by atoms with E-state index in [1.165, 1.54) is 18.2 Å². The van der Waals surface area contributed by atoms with Gasteiger partial charge in [0.15, 0.2) is 5.82 Å². The van der Waals surface area contributed by atoms with E-state index in [2.05, 4.69) is 20.8 Å². The van der Waals surface area contributed by atoms with E-state index in [0.717, 1.165) is 31.4 Å². The van der Waals surface area contributed by atoms with Crippen LogP contribution >= 0.6 is 0 Å². The van der Waals surface area contributed by atoms with Gasteiger partial charge in [-0.3, -0.25) is 0 Å². The van der Waals surface area contributed by atoms with Crippen molar-refractivity contribution in [3.63, 3.8) is 0 Å². The minimum Gasteiger partial charge on any atom is -0.337 e. The highest BCUT2D eigenvalue weighted by molar-refractivity contribution is 5.89. The normalized spacial score (nSPS) is 22.8. The van der Waals surface area contributed by atoms with Crippen molar-refractivity contribution in [3.8, 4) is 11.4 Å². The number of aromatic nitrogens is 3. The first kappa shape index (κ1) is 27.9. The van der Waals surface area contributed by atoms with Crippen LogP contribution in [0.2, 0.25) is 0 Å². The van der Waals surface area contributed by atoms with Gasteiger partial charge in [0.1, 0.15) is 11.6 Å². The third-order valence-electron chi connectivity index (χ3n) is 8.38. The minimum atomic E-state index is -4.89. The number of benzene rings is 2. The quantitative estimate of drug-likeness (QED) is 0.323. The fourth-order valence-electron chi connectivity index (χ4n) is 6.08. The molecule has 3 aliphatic carbocycles. The third-order valence-corrected chi connectivity index (χ3v) is 8.38. The number of carbonyl (C=O) groups is 1. The minimum absolute atomic E-state index is 0.0349. The highest BCUT2D eigenvalue weighted by Crippen LogP contribution is 2.57. The molecule has 3 saturated carbocycles. The molecule has 3 aliphatic rings. The summed E-state index contributed by atoms with van der Waals surface area (Å²) in [6.07, 6.45) is -5.13. The molecule has 6 nitrogen and oxygen atoms in total. The number of hydrogen-bond donors (Lipinski definition) is 2. The van der Waals surface area contributed by atoms with Crippen LogP contribution in [0.5, 0.6) is 0 Å². The van der Waals surface area contributed by atoms with Crippen molar-refractivity contribution in [2.24, 2.45) is 12.5 Å². The van der Waals surface area contributed by atoms with Crippen LogP contribution in [0.3, 0.4) is 0 Å². The lowest BCUT2D eigenvalue weighted by Gasteiger charge is -2.52. The van der Waals surface area contributed by atoms with Gasteiger partial charge in [0.05, 0.1) is 11.1 Å². The molecule has 6 rings (SSSR count). The number of alkyl halides is 6. The summed E-state index contributed by atoms with van der Waals surface area (Å²) in [6.45, 7) is 0.297. The van der Waals surface area contributed by atoms with Crippen LogP contribution in [0, 0.1) is 11.2 Å². The Morgan fingerprint density at radius 2 is 1.52 bits per heavy atom. The SMILES string of the molecule is Cn1c(-c2ccccc2C(F)(F)F)nnc1C12CCC(CNC(=O)Nc3ccc(F)c(C(F)(F)F)c3)(CC1)CC2. The molecule has 13 heteroatoms. The fraction of sp³-hybridized carbons (Fsp3) is 0.444. The zero-order valence-corrected chi connectivity index (χ0v) is 21.4. The van der Waals surface area contributed by atoms with Gasteiger partial charge < -0.3 is 15.2 Å². The smallest absolute Gasteiger partial charge is 0.337 e. The van der Waals surface area contributed by atoms with E-state index in [1.807, 2.05) is 0 Å². The Labute approximate surface area is 225 Å². The molecule has 214 valence electrons. The molecule has 2 N–H and O–H groups in total. The number of halogens is 7. The summed E-state index contributed by atoms with van der Waals surface area (Å²) in [6, 6.07) is 6.82. The van der Waals surface area contributed by atoms with Gasteiger partial charge in [-0.05, 0) is 68.2 Å². The molecule has 2 bridgehead atoms. The monoisotopic (exact) mass is 569 g/mol. The molecule has 0 atom stereocenters. The van der Waals surface area contributed by atoms with E-state index in [0.29, 0.717) is 43.8 Å². The van der Waals surface area contributed by atoms with Crippen LogP contribution in [-0.2, 0) is 24.8 Å². The zero-order chi connectivity index (χ0) is 28.9. The van der Waals surface area contributed by atoms with Crippen LogP contribution in [0.1, 0.15) is 55.5 Å². The Hall–Kier alpha value is -3.64. The molecule has 2 aromatic carbocycles. The van der Waals surface area contributed by atoms with E-state index < -0.39 is 35.3 Å². The molecule has 3 fully saturated rings. The molecule has 2 amide bonds. The number of nitrogens with zero attached hydrogens (tertiary/aromatic N) is 3. The Balaban J connectivity index is 1.25. The summed E-state index contributed by atoms with van der Waals surface area (Å²) in [5, 5.41) is 13.5. The van der Waals surface area contributed by atoms with Gasteiger partial charge in [-0.15, -0.1) is 10.2 Å². The molecule has 1 heterocycles. The maximum absolute atomic E-state index is 13.6. The van der Waals surface area contributed by atoms with Gasteiger partial charge in [-0.1, -0.05) is 18.2 Å². The highest BCUT2D eigenvalue weighted by atomic mass is 19.4. The van der Waals surface area contributed by atoms with E-state index in [4.69, 9.17) is 0 Å². The Bertz CT molecular complexity index is 1400. The van der Waals surface area contributed by atoms with Crippen LogP contribution in [0.25, 0.3) is 11.4 Å². The number of carbonyl (C=O) groups excluding carboxylic acids is 1. The molecule has 0 saturated heterocycles. The maximum atomic E-state index is 13.6. The van der Waals surface area contributed by atoms with Gasteiger partial charge in [0.2, 0.25) is 0 Å². The topological polar surface area (TPSA) is 71.8 Å². The molecule has 0 spiro atoms. The Kier molecular flexibility index (Phi) is 6.82. The van der Waals surface area contributed by atoms with Crippen LogP contribution < -0.4 is 10.6 Å². The summed E-state index contributed by atoms with van der Waals surface area (Å²) in [4.78, 5) is 12.4. The molecular formula is C27H26F7N5O. The standard InChI is InChI=1S/C27H26F7N5O/c1-39-21(17-4-2-3-5-18(17)26(29,30)31)37-38-22(39)25-11-8-24(9-12-25,10-13-25)15-35-23(40)36-16-6-7-20(28)19(14-16)27(32,33)34/h2-7,14H,8-13,15H2,1H3,(H2,35,36,40). The third kappa shape index (κ3) is 5.13. The van der Waals surface area contributed by atoms with Crippen LogP contribution in [0.15, 0.2) is 42.5 Å². The van der Waals surface area contributed by atoms with Gasteiger partial charge >= 0.3 is 18.4 Å². The fourth-order valence-corrected chi connectivity index (χ4v) is 6.08. The number of hydrogen-bond acceptors (Lipinski definition) is 3. The van der Waals surface area contributed by atoms with Gasteiger partial charge in [-0.25, -0.2) is 9.18 Å². The molecule has 40 heavy (non-hydrogen) atoms. The predicted octanol–water partition coefficient (Wildman–Crippen LogP) is 7.07. The first-order chi connectivity index (χ1) is 18.7. The van der Waals surface area contributed by atoms with Crippen molar-refractivity contribution in [1.29, 1.82) is 0 Å². The molecule has 3 aromatic rings. The van der Waals surface area contributed by atoms with E-state index in [9.17, 15) is 35.5 Å². The Morgan fingerprint density at radius 3 is 2.15 bits per heavy atom. The summed E-state index contributed by atoms with van der Waals surface area (Å²) in [5.41, 5.74) is -3.02. The summed E-state index contributed by atoms with van der Waals surface area (Å²) in [7, 11) is 1.68. The lowest BCUT2D eigenvalue weighted by molar-refractivity contribution is -0.140. The number of nitrogens with one attached hydrogen (secondary N) is 2. The van der Waals surface area contributed by atoms with Crippen molar-refractivity contribution in [2.45, 2.75) is 56.3 Å². The first-order valence-electron chi connectivity index (χ1n) is 12.7. The van der Waals surface area contributed by atoms with Crippen molar-refractivity contribution in [2.75, 3.05) is 11.9 Å². The number of fused-ring (bicyclic) bond motifs is 3. The second kappa shape index (κ2) is 9.77. The van der Waals surface area contributed by atoms with Crippen molar-refractivity contribution < 1.29 is 35.5 Å². The second-order valence-electron chi connectivity index (χ2n) is 10.7. The number of anilines is 1. The van der Waals surface area contributed by atoms with Crippen LogP contribution in [0.4, 0.5) is 41.2 Å². The second-order valence-corrected chi connectivity index (χ2v) is 10.7. The lowest BCUT2D eigenvalue weighted by Crippen LogP contribution is -2.50. The predicted molar refractivity (Wildman–Crippen MR) is 132 cm³/mol. The van der Waals surface area contributed by atoms with Gasteiger partial charge in [0, 0.05) is 30.3 Å². The highest BCUT2D eigenvalue weighted by Gasteiger charge is 2.51. The van der Waals surface area contributed by atoms with Gasteiger partial charge in [0.25, 0.3) is 0 Å². The average Bonchev–Trinajstić information content (AvgIpc) is 3.30. The number of urea groups is 1. The number of amides is 2. The van der Waals surface area contributed by atoms with Crippen LogP contribution in [-0.4, -0.2) is 27.3 Å². The molecule has 1 aromatic heterocycles. The summed E-state index contributed by atoms with van der Waals surface area (Å²) < 4.78 is 94.9. The lowest BCUT2D eigenvalue weighted by atomic mass is 9.53. The van der Waals surface area contributed by atoms with E-state index in [1.54, 1.807) is 11.6 Å². The van der Waals surface area contributed by atoms with E-state index >= 15 is 0 Å². The maximum Gasteiger partial charge on any atom is 0.419 e. The summed E-state index contributed by atoms with van der Waals surface area (Å²) >= 11 is 0. The Morgan fingerprint density at radius 1 is 0.900 bits per heavy atom. The number of rotatable bonds is 5. The largest absolute Gasteiger partial charge is 0.419 e. The van der Waals surface area contributed by atoms with Gasteiger partial charge in [-0.2, -0.15) is 26.3 Å². The molecule has 0 aliphatic heterocycles. The van der Waals surface area contributed by atoms with Crippen molar-refractivity contribution >= 4 is 11.7 Å². The van der Waals surface area contributed by atoms with Crippen molar-refractivity contribution in [1.82, 2.24) is 20.1 Å². The zero-order valence-electron chi connectivity index (χ0n) is 21.4. The van der Waals surface area contributed by atoms with Crippen molar-refractivity contribution in [3.05, 3.63) is 65.2 Å². The molecule has 0 unspecified atom stereocenters. The molecular weight excluding hydrogens is 543 g/mol. The molecule has 0 radical (unpaired) electrons. The summed E-state index contributed by atoms with van der Waals surface area (Å²) in [5.74, 6) is -0.646. The average molecular weight is 570 g/mol. The first-order valence-corrected chi connectivity index (χ1v) is 12.7.